The number of hydrogen-bond donors (Lipinski definition) is 2. The first-order valence-electron chi connectivity index (χ1n) is 5.94. The molecule has 0 aliphatic heterocycles. The van der Waals surface area contributed by atoms with Gasteiger partial charge in [-0.25, -0.2) is 0 Å². The Morgan fingerprint density at radius 1 is 1.33 bits per heavy atom. The molecule has 0 radical (unpaired) electrons. The van der Waals surface area contributed by atoms with Gasteiger partial charge in [-0.3, -0.25) is 14.9 Å². The average Bonchev–Trinajstić information content (AvgIpc) is 2.41. The highest BCUT2D eigenvalue weighted by atomic mass is 35.5. The first-order valence-corrected chi connectivity index (χ1v) is 6.32. The number of hydrogen-bond acceptors (Lipinski definition) is 4. The molecule has 2 N–H and O–H groups in total. The van der Waals surface area contributed by atoms with Crippen molar-refractivity contribution in [1.29, 1.82) is 0 Å². The van der Waals surface area contributed by atoms with Gasteiger partial charge in [0, 0.05) is 23.3 Å². The normalized spacial score (nSPS) is 10.2. The Hall–Kier alpha value is -2.60. The fraction of sp³-hybridized carbons (Fsp3) is 0.0714. The Kier molecular flexibility index (Phi) is 4.09. The van der Waals surface area contributed by atoms with E-state index in [-0.39, 0.29) is 27.6 Å². The van der Waals surface area contributed by atoms with E-state index in [0.717, 1.165) is 0 Å². The van der Waals surface area contributed by atoms with E-state index in [4.69, 9.17) is 11.6 Å². The molecule has 7 heteroatoms. The lowest BCUT2D eigenvalue weighted by Gasteiger charge is -2.09. The fourth-order valence-corrected chi connectivity index (χ4v) is 2.08. The van der Waals surface area contributed by atoms with Crippen LogP contribution in [0.2, 0.25) is 5.02 Å². The number of nitro benzene ring substituents is 1. The van der Waals surface area contributed by atoms with Crippen molar-refractivity contribution >= 4 is 28.9 Å². The van der Waals surface area contributed by atoms with E-state index in [9.17, 15) is 20.0 Å². The third kappa shape index (κ3) is 3.11. The Balaban J connectivity index is 2.33. The molecule has 0 heterocycles. The maximum absolute atomic E-state index is 12.2. The molecule has 2 aromatic carbocycles. The number of benzene rings is 2. The first kappa shape index (κ1) is 14.8. The molecule has 0 saturated carbocycles. The van der Waals surface area contributed by atoms with Crippen molar-refractivity contribution in [2.45, 2.75) is 6.92 Å². The molecule has 0 spiro atoms. The number of phenols is 1. The molecule has 108 valence electrons. The minimum absolute atomic E-state index is 0.0236. The van der Waals surface area contributed by atoms with E-state index >= 15 is 0 Å². The summed E-state index contributed by atoms with van der Waals surface area (Å²) in [5.41, 5.74) is 0.646. The van der Waals surface area contributed by atoms with Gasteiger partial charge in [0.1, 0.15) is 5.75 Å². The highest BCUT2D eigenvalue weighted by molar-refractivity contribution is 6.34. The Bertz CT molecular complexity index is 731. The number of amides is 1. The molecule has 0 aliphatic rings. The van der Waals surface area contributed by atoms with Crippen molar-refractivity contribution in [1.82, 2.24) is 0 Å². The molecule has 0 aromatic heterocycles. The number of nitrogens with one attached hydrogen (secondary N) is 1. The Morgan fingerprint density at radius 3 is 2.67 bits per heavy atom. The predicted octanol–water partition coefficient (Wildman–Crippen LogP) is 3.51. The van der Waals surface area contributed by atoms with E-state index in [1.807, 2.05) is 0 Å². The second-order valence-corrected chi connectivity index (χ2v) is 4.73. The monoisotopic (exact) mass is 306 g/mol. The quantitative estimate of drug-likeness (QED) is 0.515. The maximum Gasteiger partial charge on any atom is 0.273 e. The molecule has 1 amide bonds. The summed E-state index contributed by atoms with van der Waals surface area (Å²) in [4.78, 5) is 22.5. The van der Waals surface area contributed by atoms with Gasteiger partial charge in [0.25, 0.3) is 11.6 Å². The maximum atomic E-state index is 12.2. The molecule has 2 rings (SSSR count). The number of carbonyl (C=O) groups excluding carboxylic acids is 1. The lowest BCUT2D eigenvalue weighted by molar-refractivity contribution is -0.385. The topological polar surface area (TPSA) is 92.5 Å². The second kappa shape index (κ2) is 5.80. The van der Waals surface area contributed by atoms with Crippen LogP contribution in [0.4, 0.5) is 11.4 Å². The standard InChI is InChI=1S/C14H11ClN2O4/c1-8-10(3-2-4-13(8)17(20)21)14(19)16-12-6-5-9(18)7-11(12)15/h2-7,18H,1H3,(H,16,19). The van der Waals surface area contributed by atoms with E-state index in [0.29, 0.717) is 5.69 Å². The summed E-state index contributed by atoms with van der Waals surface area (Å²) in [7, 11) is 0. The zero-order valence-electron chi connectivity index (χ0n) is 11.0. The van der Waals surface area contributed by atoms with Gasteiger partial charge < -0.3 is 10.4 Å². The first-order chi connectivity index (χ1) is 9.90. The largest absolute Gasteiger partial charge is 0.508 e. The minimum atomic E-state index is -0.542. The molecular weight excluding hydrogens is 296 g/mol. The average molecular weight is 307 g/mol. The van der Waals surface area contributed by atoms with Crippen LogP contribution in [0.3, 0.4) is 0 Å². The van der Waals surface area contributed by atoms with Crippen LogP contribution in [0.25, 0.3) is 0 Å². The highest BCUT2D eigenvalue weighted by Gasteiger charge is 2.18. The van der Waals surface area contributed by atoms with Crippen molar-refractivity contribution in [3.05, 3.63) is 62.7 Å². The zero-order valence-corrected chi connectivity index (χ0v) is 11.7. The third-order valence-corrected chi connectivity index (χ3v) is 3.26. The van der Waals surface area contributed by atoms with Gasteiger partial charge in [-0.15, -0.1) is 0 Å². The number of carbonyl (C=O) groups is 1. The molecule has 6 nitrogen and oxygen atoms in total. The summed E-state index contributed by atoms with van der Waals surface area (Å²) < 4.78 is 0. The molecule has 0 atom stereocenters. The van der Waals surface area contributed by atoms with Crippen LogP contribution in [0, 0.1) is 17.0 Å². The number of anilines is 1. The van der Waals surface area contributed by atoms with Crippen LogP contribution >= 0.6 is 11.6 Å². The van der Waals surface area contributed by atoms with Gasteiger partial charge >= 0.3 is 0 Å². The van der Waals surface area contributed by atoms with Crippen molar-refractivity contribution in [2.24, 2.45) is 0 Å². The molecule has 0 saturated heterocycles. The van der Waals surface area contributed by atoms with Crippen LogP contribution < -0.4 is 5.32 Å². The molecule has 0 fully saturated rings. The van der Waals surface area contributed by atoms with Gasteiger partial charge in [0.15, 0.2) is 0 Å². The molecule has 21 heavy (non-hydrogen) atoms. The number of rotatable bonds is 3. The van der Waals surface area contributed by atoms with Crippen LogP contribution in [0.1, 0.15) is 15.9 Å². The molecule has 0 unspecified atom stereocenters. The van der Waals surface area contributed by atoms with Crippen molar-refractivity contribution in [3.8, 4) is 5.75 Å². The summed E-state index contributed by atoms with van der Waals surface area (Å²) in [6.07, 6.45) is 0. The van der Waals surface area contributed by atoms with Gasteiger partial charge in [0.05, 0.1) is 15.6 Å². The van der Waals surface area contributed by atoms with Crippen molar-refractivity contribution in [3.63, 3.8) is 0 Å². The third-order valence-electron chi connectivity index (χ3n) is 2.95. The number of halogens is 1. The van der Waals surface area contributed by atoms with E-state index in [1.165, 1.54) is 43.3 Å². The minimum Gasteiger partial charge on any atom is -0.508 e. The van der Waals surface area contributed by atoms with Gasteiger partial charge in [0.2, 0.25) is 0 Å². The zero-order chi connectivity index (χ0) is 15.6. The number of aromatic hydroxyl groups is 1. The van der Waals surface area contributed by atoms with Crippen LogP contribution in [-0.2, 0) is 0 Å². The SMILES string of the molecule is Cc1c(C(=O)Nc2ccc(O)cc2Cl)cccc1[N+](=O)[O-]. The van der Waals surface area contributed by atoms with Gasteiger partial charge in [-0.2, -0.15) is 0 Å². The van der Waals surface area contributed by atoms with E-state index < -0.39 is 10.8 Å². The number of nitrogens with zero attached hydrogens (tertiary/aromatic N) is 1. The summed E-state index contributed by atoms with van der Waals surface area (Å²) in [5, 5.41) is 22.9. The van der Waals surface area contributed by atoms with Crippen LogP contribution in [0.15, 0.2) is 36.4 Å². The fourth-order valence-electron chi connectivity index (χ4n) is 1.86. The summed E-state index contributed by atoms with van der Waals surface area (Å²) >= 11 is 5.90. The summed E-state index contributed by atoms with van der Waals surface area (Å²) in [6.45, 7) is 1.51. The van der Waals surface area contributed by atoms with Gasteiger partial charge in [-0.05, 0) is 25.1 Å². The van der Waals surface area contributed by atoms with Crippen LogP contribution in [0.5, 0.6) is 5.75 Å². The van der Waals surface area contributed by atoms with E-state index in [1.54, 1.807) is 0 Å². The summed E-state index contributed by atoms with van der Waals surface area (Å²) in [5.74, 6) is -0.534. The molecule has 0 aliphatic carbocycles. The second-order valence-electron chi connectivity index (χ2n) is 4.33. The lowest BCUT2D eigenvalue weighted by Crippen LogP contribution is -2.14. The lowest BCUT2D eigenvalue weighted by atomic mass is 10.1. The van der Waals surface area contributed by atoms with Crippen molar-refractivity contribution in [2.75, 3.05) is 5.32 Å². The molecular formula is C14H11ClN2O4. The van der Waals surface area contributed by atoms with Gasteiger partial charge in [-0.1, -0.05) is 17.7 Å². The summed E-state index contributed by atoms with van der Waals surface area (Å²) in [6, 6.07) is 8.38. The van der Waals surface area contributed by atoms with E-state index in [2.05, 4.69) is 5.32 Å². The van der Waals surface area contributed by atoms with Crippen LogP contribution in [-0.4, -0.2) is 15.9 Å². The number of phenolic OH excluding ortho intramolecular Hbond substituents is 1. The smallest absolute Gasteiger partial charge is 0.273 e. The predicted molar refractivity (Wildman–Crippen MR) is 78.9 cm³/mol. The van der Waals surface area contributed by atoms with Crippen molar-refractivity contribution < 1.29 is 14.8 Å². The Morgan fingerprint density at radius 2 is 2.05 bits per heavy atom. The molecule has 2 aromatic rings. The molecule has 0 bridgehead atoms. The Labute approximate surface area is 125 Å². The number of nitro groups is 1. The highest BCUT2D eigenvalue weighted by Crippen LogP contribution is 2.27.